The number of hydrogen-bond donors (Lipinski definition) is 3. The zero-order valence-corrected chi connectivity index (χ0v) is 8.62. The van der Waals surface area contributed by atoms with Crippen molar-refractivity contribution in [3.05, 3.63) is 18.3 Å². The maximum absolute atomic E-state index is 9.04. The molecule has 0 aliphatic rings. The molecular weight excluding hydrogens is 178 g/mol. The summed E-state index contributed by atoms with van der Waals surface area (Å²) in [7, 11) is 0. The van der Waals surface area contributed by atoms with Gasteiger partial charge >= 0.3 is 0 Å². The Morgan fingerprint density at radius 2 is 2.21 bits per heavy atom. The van der Waals surface area contributed by atoms with Gasteiger partial charge in [-0.3, -0.25) is 0 Å². The van der Waals surface area contributed by atoms with Crippen molar-refractivity contribution in [1.29, 1.82) is 0 Å². The summed E-state index contributed by atoms with van der Waals surface area (Å²) in [6, 6.07) is 3.62. The van der Waals surface area contributed by atoms with Crippen molar-refractivity contribution < 1.29 is 5.11 Å². The van der Waals surface area contributed by atoms with E-state index < -0.39 is 0 Å². The van der Waals surface area contributed by atoms with Gasteiger partial charge in [0.25, 0.3) is 0 Å². The predicted molar refractivity (Wildman–Crippen MR) is 58.0 cm³/mol. The molecule has 1 aromatic heterocycles. The lowest BCUT2D eigenvalue weighted by Gasteiger charge is -2.22. The molecule has 4 N–H and O–H groups in total. The molecule has 0 unspecified atom stereocenters. The van der Waals surface area contributed by atoms with E-state index in [2.05, 4.69) is 10.3 Å². The summed E-state index contributed by atoms with van der Waals surface area (Å²) in [6.45, 7) is 4.80. The van der Waals surface area contributed by atoms with Gasteiger partial charge in [-0.15, -0.1) is 0 Å². The highest BCUT2D eigenvalue weighted by atomic mass is 16.3. The molecule has 4 heteroatoms. The Hall–Kier alpha value is -1.29. The molecule has 0 fully saturated rings. The fourth-order valence-corrected chi connectivity index (χ4v) is 0.896. The number of aliphatic hydroxyl groups excluding tert-OH is 1. The lowest BCUT2D eigenvalue weighted by molar-refractivity contribution is 0.170. The van der Waals surface area contributed by atoms with E-state index in [0.29, 0.717) is 12.2 Å². The monoisotopic (exact) mass is 195 g/mol. The third kappa shape index (κ3) is 3.22. The average Bonchev–Trinajstić information content (AvgIpc) is 2.17. The zero-order valence-electron chi connectivity index (χ0n) is 8.62. The standard InChI is InChI=1S/C10H17N3O/c1-10(2,7-14)6-13-9-4-3-8(11)5-12-9/h3-5,14H,6-7,11H2,1-2H3,(H,12,13). The number of hydrogen-bond acceptors (Lipinski definition) is 4. The van der Waals surface area contributed by atoms with Crippen LogP contribution in [0.2, 0.25) is 0 Å². The Morgan fingerprint density at radius 1 is 1.50 bits per heavy atom. The number of nitrogens with two attached hydrogens (primary N) is 1. The molecule has 0 aromatic carbocycles. The molecule has 0 saturated heterocycles. The molecule has 0 radical (unpaired) electrons. The first-order valence-corrected chi connectivity index (χ1v) is 4.60. The fourth-order valence-electron chi connectivity index (χ4n) is 0.896. The average molecular weight is 195 g/mol. The summed E-state index contributed by atoms with van der Waals surface area (Å²) in [6.07, 6.45) is 1.61. The summed E-state index contributed by atoms with van der Waals surface area (Å²) < 4.78 is 0. The molecular formula is C10H17N3O. The third-order valence-electron chi connectivity index (χ3n) is 1.96. The number of nitrogens with one attached hydrogen (secondary N) is 1. The van der Waals surface area contributed by atoms with Crippen LogP contribution < -0.4 is 11.1 Å². The van der Waals surface area contributed by atoms with Gasteiger partial charge in [0.1, 0.15) is 5.82 Å². The minimum Gasteiger partial charge on any atom is -0.397 e. The highest BCUT2D eigenvalue weighted by Gasteiger charge is 2.15. The Bertz CT molecular complexity index is 282. The van der Waals surface area contributed by atoms with Crippen molar-refractivity contribution in [3.63, 3.8) is 0 Å². The van der Waals surface area contributed by atoms with Crippen LogP contribution in [0.15, 0.2) is 18.3 Å². The van der Waals surface area contributed by atoms with Crippen LogP contribution in [0.3, 0.4) is 0 Å². The highest BCUT2D eigenvalue weighted by Crippen LogP contribution is 2.14. The smallest absolute Gasteiger partial charge is 0.126 e. The van der Waals surface area contributed by atoms with Gasteiger partial charge in [0.05, 0.1) is 11.9 Å². The number of pyridine rings is 1. The molecule has 1 aromatic rings. The Labute approximate surface area is 84.2 Å². The predicted octanol–water partition coefficient (Wildman–Crippen LogP) is 1.09. The van der Waals surface area contributed by atoms with Gasteiger partial charge in [0.2, 0.25) is 0 Å². The maximum atomic E-state index is 9.04. The van der Waals surface area contributed by atoms with Gasteiger partial charge in [0.15, 0.2) is 0 Å². The van der Waals surface area contributed by atoms with Crippen LogP contribution in [0.5, 0.6) is 0 Å². The summed E-state index contributed by atoms with van der Waals surface area (Å²) >= 11 is 0. The molecule has 0 atom stereocenters. The zero-order chi connectivity index (χ0) is 10.6. The second-order valence-electron chi connectivity index (χ2n) is 4.15. The van der Waals surface area contributed by atoms with Crippen LogP contribution in [-0.4, -0.2) is 23.2 Å². The molecule has 1 rings (SSSR count). The largest absolute Gasteiger partial charge is 0.397 e. The van der Waals surface area contributed by atoms with Gasteiger partial charge in [-0.25, -0.2) is 4.98 Å². The van der Waals surface area contributed by atoms with E-state index in [1.54, 1.807) is 12.3 Å². The van der Waals surface area contributed by atoms with Crippen LogP contribution in [0.1, 0.15) is 13.8 Å². The summed E-state index contributed by atoms with van der Waals surface area (Å²) in [5, 5.41) is 12.2. The lowest BCUT2D eigenvalue weighted by Crippen LogP contribution is -2.27. The molecule has 4 nitrogen and oxygen atoms in total. The number of nitrogen functional groups attached to an aromatic ring is 1. The van der Waals surface area contributed by atoms with Gasteiger partial charge in [-0.1, -0.05) is 13.8 Å². The molecule has 1 heterocycles. The quantitative estimate of drug-likeness (QED) is 0.672. The molecule has 0 aliphatic heterocycles. The van der Waals surface area contributed by atoms with Gasteiger partial charge in [-0.05, 0) is 12.1 Å². The van der Waals surface area contributed by atoms with E-state index in [9.17, 15) is 0 Å². The van der Waals surface area contributed by atoms with Crippen molar-refractivity contribution in [2.24, 2.45) is 5.41 Å². The second kappa shape index (κ2) is 4.28. The topological polar surface area (TPSA) is 71.2 Å². The van der Waals surface area contributed by atoms with Crippen molar-refractivity contribution in [1.82, 2.24) is 4.98 Å². The van der Waals surface area contributed by atoms with Gasteiger partial charge in [0, 0.05) is 18.6 Å². The van der Waals surface area contributed by atoms with Crippen LogP contribution in [0.25, 0.3) is 0 Å². The number of aliphatic hydroxyl groups is 1. The minimum absolute atomic E-state index is 0.136. The van der Waals surface area contributed by atoms with Gasteiger partial charge < -0.3 is 16.2 Å². The first-order valence-electron chi connectivity index (χ1n) is 4.60. The first kappa shape index (κ1) is 10.8. The van der Waals surface area contributed by atoms with Crippen LogP contribution >= 0.6 is 0 Å². The minimum atomic E-state index is -0.136. The molecule has 0 bridgehead atoms. The third-order valence-corrected chi connectivity index (χ3v) is 1.96. The molecule has 0 spiro atoms. The Balaban J connectivity index is 2.50. The van der Waals surface area contributed by atoms with E-state index in [0.717, 1.165) is 5.82 Å². The maximum Gasteiger partial charge on any atom is 0.126 e. The van der Waals surface area contributed by atoms with Crippen molar-refractivity contribution in [3.8, 4) is 0 Å². The molecule has 0 saturated carbocycles. The van der Waals surface area contributed by atoms with E-state index >= 15 is 0 Å². The second-order valence-corrected chi connectivity index (χ2v) is 4.15. The normalized spacial score (nSPS) is 11.4. The lowest BCUT2D eigenvalue weighted by atomic mass is 9.95. The van der Waals surface area contributed by atoms with Crippen molar-refractivity contribution >= 4 is 11.5 Å². The summed E-state index contributed by atoms with van der Waals surface area (Å²) in [5.41, 5.74) is 6.02. The van der Waals surface area contributed by atoms with E-state index in [1.807, 2.05) is 19.9 Å². The van der Waals surface area contributed by atoms with Crippen LogP contribution in [0, 0.1) is 5.41 Å². The van der Waals surface area contributed by atoms with Crippen molar-refractivity contribution in [2.45, 2.75) is 13.8 Å². The fraction of sp³-hybridized carbons (Fsp3) is 0.500. The SMILES string of the molecule is CC(C)(CO)CNc1ccc(N)cn1. The number of anilines is 2. The summed E-state index contributed by atoms with van der Waals surface area (Å²) in [4.78, 5) is 4.10. The van der Waals surface area contributed by atoms with Crippen molar-refractivity contribution in [2.75, 3.05) is 24.2 Å². The summed E-state index contributed by atoms with van der Waals surface area (Å²) in [5.74, 6) is 0.778. The number of rotatable bonds is 4. The van der Waals surface area contributed by atoms with Gasteiger partial charge in [-0.2, -0.15) is 0 Å². The van der Waals surface area contributed by atoms with Crippen LogP contribution in [-0.2, 0) is 0 Å². The Morgan fingerprint density at radius 3 is 2.71 bits per heavy atom. The molecule has 78 valence electrons. The Kier molecular flexibility index (Phi) is 3.30. The highest BCUT2D eigenvalue weighted by molar-refractivity contribution is 5.43. The number of aromatic nitrogens is 1. The number of nitrogens with zero attached hydrogens (tertiary/aromatic N) is 1. The van der Waals surface area contributed by atoms with E-state index in [1.165, 1.54) is 0 Å². The molecule has 14 heavy (non-hydrogen) atoms. The van der Waals surface area contributed by atoms with E-state index in [4.69, 9.17) is 10.8 Å². The van der Waals surface area contributed by atoms with E-state index in [-0.39, 0.29) is 12.0 Å². The molecule has 0 amide bonds. The first-order chi connectivity index (χ1) is 6.53. The molecule has 0 aliphatic carbocycles. The van der Waals surface area contributed by atoms with Crippen LogP contribution in [0.4, 0.5) is 11.5 Å².